The van der Waals surface area contributed by atoms with Crippen LogP contribution in [0.5, 0.6) is 0 Å². The van der Waals surface area contributed by atoms with E-state index in [9.17, 15) is 9.59 Å². The lowest BCUT2D eigenvalue weighted by Crippen LogP contribution is -2.28. The zero-order valence-electron chi connectivity index (χ0n) is 14.0. The maximum Gasteiger partial charge on any atom is 0.262 e. The van der Waals surface area contributed by atoms with Crippen molar-refractivity contribution in [2.75, 3.05) is 0 Å². The van der Waals surface area contributed by atoms with Crippen LogP contribution in [0.1, 0.15) is 41.5 Å². The van der Waals surface area contributed by atoms with Crippen LogP contribution < -0.4 is 10.9 Å². The molecule has 0 fully saturated rings. The van der Waals surface area contributed by atoms with Gasteiger partial charge >= 0.3 is 0 Å². The van der Waals surface area contributed by atoms with Gasteiger partial charge < -0.3 is 10.3 Å². The molecule has 130 valence electrons. The zero-order valence-corrected chi connectivity index (χ0v) is 15.7. The Bertz CT molecular complexity index is 1020. The van der Waals surface area contributed by atoms with Gasteiger partial charge in [0.25, 0.3) is 11.5 Å². The van der Waals surface area contributed by atoms with Gasteiger partial charge in [0.05, 0.1) is 16.9 Å². The van der Waals surface area contributed by atoms with Crippen molar-refractivity contribution in [3.8, 4) is 0 Å². The summed E-state index contributed by atoms with van der Waals surface area (Å²) in [5, 5.41) is 5.57. The number of nitrogens with one attached hydrogen (secondary N) is 2. The third kappa shape index (κ3) is 3.43. The topological polar surface area (TPSA) is 66.9 Å². The van der Waals surface area contributed by atoms with Gasteiger partial charge in [-0.3, -0.25) is 14.2 Å². The van der Waals surface area contributed by atoms with Crippen LogP contribution in [0.4, 0.5) is 0 Å². The van der Waals surface area contributed by atoms with Crippen LogP contribution in [-0.4, -0.2) is 15.5 Å². The number of thiophene rings is 1. The summed E-state index contributed by atoms with van der Waals surface area (Å²) in [4.78, 5) is 29.2. The van der Waals surface area contributed by atoms with E-state index in [1.807, 2.05) is 31.4 Å². The fraction of sp³-hybridized carbons (Fsp3) is 0.278. The Hall–Kier alpha value is -2.25. The molecule has 7 heteroatoms. The smallest absolute Gasteiger partial charge is 0.262 e. The standard InChI is InChI=1S/C18H19N3O2S2/c1-3-13(15-6-5-9-25-15)19-16(22)11-7-8-12-14(10-11)20-18(24)21(4-2)17(12)23/h5-10,13H,3-4H2,1-2H3,(H,19,22)(H,20,24)/t13-/m0/s1. The van der Waals surface area contributed by atoms with Crippen molar-refractivity contribution in [2.45, 2.75) is 32.9 Å². The van der Waals surface area contributed by atoms with E-state index in [1.165, 1.54) is 4.57 Å². The number of benzene rings is 1. The van der Waals surface area contributed by atoms with Crippen LogP contribution in [0, 0.1) is 4.77 Å². The molecule has 0 bridgehead atoms. The lowest BCUT2D eigenvalue weighted by Gasteiger charge is -2.15. The van der Waals surface area contributed by atoms with E-state index in [0.29, 0.717) is 27.8 Å². The summed E-state index contributed by atoms with van der Waals surface area (Å²) in [6, 6.07) is 9.01. The molecule has 0 aliphatic carbocycles. The summed E-state index contributed by atoms with van der Waals surface area (Å²) in [7, 11) is 0. The number of fused-ring (bicyclic) bond motifs is 1. The average Bonchev–Trinajstić information content (AvgIpc) is 3.13. The minimum Gasteiger partial charge on any atom is -0.344 e. The van der Waals surface area contributed by atoms with Crippen molar-refractivity contribution >= 4 is 40.4 Å². The second kappa shape index (κ2) is 7.33. The largest absolute Gasteiger partial charge is 0.344 e. The average molecular weight is 374 g/mol. The number of aromatic amines is 1. The monoisotopic (exact) mass is 373 g/mol. The van der Waals surface area contributed by atoms with Gasteiger partial charge in [-0.05, 0) is 55.2 Å². The molecule has 2 aromatic heterocycles. The number of hydrogen-bond acceptors (Lipinski definition) is 4. The van der Waals surface area contributed by atoms with Crippen molar-refractivity contribution in [3.05, 3.63) is 61.3 Å². The van der Waals surface area contributed by atoms with Crippen LogP contribution >= 0.6 is 23.6 Å². The molecule has 2 heterocycles. The van der Waals surface area contributed by atoms with Crippen molar-refractivity contribution in [2.24, 2.45) is 0 Å². The molecule has 0 unspecified atom stereocenters. The fourth-order valence-corrected chi connectivity index (χ4v) is 3.97. The summed E-state index contributed by atoms with van der Waals surface area (Å²) >= 11 is 6.85. The molecule has 0 saturated heterocycles. The summed E-state index contributed by atoms with van der Waals surface area (Å²) in [5.41, 5.74) is 0.941. The molecule has 0 spiro atoms. The Morgan fingerprint density at radius 3 is 2.80 bits per heavy atom. The van der Waals surface area contributed by atoms with Crippen LogP contribution in [0.25, 0.3) is 10.9 Å². The minimum absolute atomic E-state index is 0.0187. The van der Waals surface area contributed by atoms with Gasteiger partial charge in [0.15, 0.2) is 4.77 Å². The van der Waals surface area contributed by atoms with Gasteiger partial charge in [-0.15, -0.1) is 11.3 Å². The Labute approximate surface area is 154 Å². The molecule has 1 atom stereocenters. The van der Waals surface area contributed by atoms with Crippen LogP contribution in [0.2, 0.25) is 0 Å². The Kier molecular flexibility index (Phi) is 5.15. The molecule has 3 rings (SSSR count). The van der Waals surface area contributed by atoms with Crippen molar-refractivity contribution < 1.29 is 4.79 Å². The van der Waals surface area contributed by atoms with Gasteiger partial charge in [-0.1, -0.05) is 13.0 Å². The van der Waals surface area contributed by atoms with E-state index >= 15 is 0 Å². The summed E-state index contributed by atoms with van der Waals surface area (Å²) < 4.78 is 1.86. The molecule has 2 N–H and O–H groups in total. The second-order valence-electron chi connectivity index (χ2n) is 5.69. The van der Waals surface area contributed by atoms with Crippen molar-refractivity contribution in [3.63, 3.8) is 0 Å². The third-order valence-electron chi connectivity index (χ3n) is 4.16. The Morgan fingerprint density at radius 1 is 1.36 bits per heavy atom. The molecule has 3 aromatic rings. The molecular weight excluding hydrogens is 354 g/mol. The van der Waals surface area contributed by atoms with E-state index in [-0.39, 0.29) is 17.5 Å². The summed E-state index contributed by atoms with van der Waals surface area (Å²) in [5.74, 6) is -0.166. The number of aromatic nitrogens is 2. The molecule has 0 saturated carbocycles. The highest BCUT2D eigenvalue weighted by Crippen LogP contribution is 2.22. The molecule has 25 heavy (non-hydrogen) atoms. The first kappa shape index (κ1) is 17.6. The lowest BCUT2D eigenvalue weighted by atomic mass is 10.1. The maximum absolute atomic E-state index is 12.6. The minimum atomic E-state index is -0.166. The Morgan fingerprint density at radius 2 is 2.16 bits per heavy atom. The van der Waals surface area contributed by atoms with Crippen LogP contribution in [0.3, 0.4) is 0 Å². The molecule has 0 radical (unpaired) electrons. The Balaban J connectivity index is 1.95. The molecule has 1 aromatic carbocycles. The zero-order chi connectivity index (χ0) is 18.0. The number of carbonyl (C=O) groups excluding carboxylic acids is 1. The summed E-state index contributed by atoms with van der Waals surface area (Å²) in [6.45, 7) is 4.41. The van der Waals surface area contributed by atoms with E-state index in [2.05, 4.69) is 10.3 Å². The van der Waals surface area contributed by atoms with Crippen LogP contribution in [0.15, 0.2) is 40.5 Å². The van der Waals surface area contributed by atoms with Crippen molar-refractivity contribution in [1.29, 1.82) is 0 Å². The quantitative estimate of drug-likeness (QED) is 0.664. The number of amides is 1. The van der Waals surface area contributed by atoms with Gasteiger partial charge in [0.1, 0.15) is 0 Å². The van der Waals surface area contributed by atoms with Crippen LogP contribution in [-0.2, 0) is 6.54 Å². The summed E-state index contributed by atoms with van der Waals surface area (Å²) in [6.07, 6.45) is 0.809. The maximum atomic E-state index is 12.6. The highest BCUT2D eigenvalue weighted by molar-refractivity contribution is 7.71. The van der Waals surface area contributed by atoms with E-state index in [1.54, 1.807) is 29.5 Å². The molecule has 0 aliphatic heterocycles. The molecular formula is C18H19N3O2S2. The predicted octanol–water partition coefficient (Wildman–Crippen LogP) is 4.02. The van der Waals surface area contributed by atoms with Gasteiger partial charge in [0, 0.05) is 17.0 Å². The van der Waals surface area contributed by atoms with Gasteiger partial charge in [-0.25, -0.2) is 0 Å². The third-order valence-corrected chi connectivity index (χ3v) is 5.47. The van der Waals surface area contributed by atoms with Gasteiger partial charge in [-0.2, -0.15) is 0 Å². The first-order valence-electron chi connectivity index (χ1n) is 8.16. The number of nitrogens with zero attached hydrogens (tertiary/aromatic N) is 1. The first-order valence-corrected chi connectivity index (χ1v) is 9.45. The number of H-pyrrole nitrogens is 1. The normalized spacial score (nSPS) is 12.2. The molecule has 0 aliphatic rings. The van der Waals surface area contributed by atoms with E-state index in [4.69, 9.17) is 12.2 Å². The van der Waals surface area contributed by atoms with E-state index in [0.717, 1.165) is 11.3 Å². The number of hydrogen-bond donors (Lipinski definition) is 2. The molecule has 5 nitrogen and oxygen atoms in total. The molecule has 1 amide bonds. The number of carbonyl (C=O) groups is 1. The lowest BCUT2D eigenvalue weighted by molar-refractivity contribution is 0.0936. The number of rotatable bonds is 5. The fourth-order valence-electron chi connectivity index (χ4n) is 2.79. The first-order chi connectivity index (χ1) is 12.0. The highest BCUT2D eigenvalue weighted by Gasteiger charge is 2.16. The second-order valence-corrected chi connectivity index (χ2v) is 7.06. The predicted molar refractivity (Wildman–Crippen MR) is 104 cm³/mol. The highest BCUT2D eigenvalue weighted by atomic mass is 32.1. The van der Waals surface area contributed by atoms with Gasteiger partial charge in [0.2, 0.25) is 0 Å². The SMILES string of the molecule is CC[C@H](NC(=O)c1ccc2c(=O)n(CC)c(=S)[nH]c2c1)c1cccs1. The van der Waals surface area contributed by atoms with E-state index < -0.39 is 0 Å². The van der Waals surface area contributed by atoms with Crippen molar-refractivity contribution in [1.82, 2.24) is 14.9 Å².